The van der Waals surface area contributed by atoms with Gasteiger partial charge in [0.1, 0.15) is 11.9 Å². The highest BCUT2D eigenvalue weighted by molar-refractivity contribution is 5.35. The van der Waals surface area contributed by atoms with Crippen LogP contribution in [0.1, 0.15) is 51.2 Å². The summed E-state index contributed by atoms with van der Waals surface area (Å²) in [6, 6.07) is 6.33. The molecule has 2 bridgehead atoms. The zero-order valence-electron chi connectivity index (χ0n) is 13.2. The number of fused-ring (bicyclic) bond motifs is 2. The molecule has 2 aliphatic carbocycles. The summed E-state index contributed by atoms with van der Waals surface area (Å²) in [6.07, 6.45) is 4.24. The highest BCUT2D eigenvalue weighted by atomic mass is 16.5. The van der Waals surface area contributed by atoms with E-state index in [1.165, 1.54) is 30.4 Å². The maximum atomic E-state index is 6.39. The molecule has 2 aliphatic rings. The van der Waals surface area contributed by atoms with Gasteiger partial charge in [0.05, 0.1) is 0 Å². The van der Waals surface area contributed by atoms with Gasteiger partial charge >= 0.3 is 0 Å². The quantitative estimate of drug-likeness (QED) is 0.901. The van der Waals surface area contributed by atoms with Crippen LogP contribution in [-0.2, 0) is 6.54 Å². The molecule has 0 aliphatic heterocycles. The van der Waals surface area contributed by atoms with Gasteiger partial charge < -0.3 is 10.5 Å². The molecule has 0 spiro atoms. The Kier molecular flexibility index (Phi) is 3.13. The summed E-state index contributed by atoms with van der Waals surface area (Å²) in [5.74, 6) is 1.83. The van der Waals surface area contributed by atoms with Crippen molar-refractivity contribution in [3.63, 3.8) is 0 Å². The van der Waals surface area contributed by atoms with Crippen molar-refractivity contribution in [2.75, 3.05) is 0 Å². The summed E-state index contributed by atoms with van der Waals surface area (Å²) in [4.78, 5) is 0. The van der Waals surface area contributed by atoms with E-state index in [2.05, 4.69) is 45.9 Å². The van der Waals surface area contributed by atoms with E-state index in [1.807, 2.05) is 0 Å². The van der Waals surface area contributed by atoms with Gasteiger partial charge in [0.2, 0.25) is 0 Å². The predicted octanol–water partition coefficient (Wildman–Crippen LogP) is 4.05. The highest BCUT2D eigenvalue weighted by Crippen LogP contribution is 2.66. The number of benzene rings is 1. The first kappa shape index (κ1) is 13.9. The van der Waals surface area contributed by atoms with Gasteiger partial charge in [-0.2, -0.15) is 0 Å². The van der Waals surface area contributed by atoms with Crippen molar-refractivity contribution < 1.29 is 4.74 Å². The summed E-state index contributed by atoms with van der Waals surface area (Å²) in [6.45, 7) is 9.99. The summed E-state index contributed by atoms with van der Waals surface area (Å²) in [5.41, 5.74) is 8.89. The van der Waals surface area contributed by atoms with Crippen LogP contribution in [0.25, 0.3) is 0 Å². The zero-order valence-corrected chi connectivity index (χ0v) is 13.2. The van der Waals surface area contributed by atoms with E-state index in [1.54, 1.807) is 0 Å². The maximum Gasteiger partial charge on any atom is 0.120 e. The molecule has 2 N–H and O–H groups in total. The van der Waals surface area contributed by atoms with Gasteiger partial charge in [-0.25, -0.2) is 0 Å². The molecule has 1 aromatic carbocycles. The lowest BCUT2D eigenvalue weighted by atomic mass is 9.70. The highest BCUT2D eigenvalue weighted by Gasteiger charge is 2.62. The lowest BCUT2D eigenvalue weighted by Crippen LogP contribution is -2.38. The minimum absolute atomic E-state index is 0.318. The molecular weight excluding hydrogens is 246 g/mol. The smallest absolute Gasteiger partial charge is 0.120 e. The van der Waals surface area contributed by atoms with Gasteiger partial charge in [0.25, 0.3) is 0 Å². The van der Waals surface area contributed by atoms with E-state index in [4.69, 9.17) is 10.5 Å². The molecule has 0 aromatic heterocycles. The first-order chi connectivity index (χ1) is 9.38. The summed E-state index contributed by atoms with van der Waals surface area (Å²) >= 11 is 0. The second-order valence-electron chi connectivity index (χ2n) is 7.51. The molecule has 0 saturated heterocycles. The van der Waals surface area contributed by atoms with Crippen LogP contribution in [-0.4, -0.2) is 6.10 Å². The van der Waals surface area contributed by atoms with Gasteiger partial charge in [0, 0.05) is 12.0 Å². The average molecular weight is 273 g/mol. The van der Waals surface area contributed by atoms with Gasteiger partial charge in [0.15, 0.2) is 0 Å². The van der Waals surface area contributed by atoms with Crippen molar-refractivity contribution in [3.8, 4) is 5.75 Å². The monoisotopic (exact) mass is 273 g/mol. The summed E-state index contributed by atoms with van der Waals surface area (Å²) < 4.78 is 6.39. The van der Waals surface area contributed by atoms with Crippen LogP contribution < -0.4 is 10.5 Å². The molecule has 2 heteroatoms. The van der Waals surface area contributed by atoms with E-state index in [0.29, 0.717) is 23.5 Å². The second-order valence-corrected chi connectivity index (χ2v) is 7.51. The molecule has 2 nitrogen and oxygen atoms in total. The van der Waals surface area contributed by atoms with E-state index >= 15 is 0 Å². The molecule has 3 atom stereocenters. The average Bonchev–Trinajstić information content (AvgIpc) is 2.72. The van der Waals surface area contributed by atoms with Crippen LogP contribution in [0.5, 0.6) is 5.75 Å². The van der Waals surface area contributed by atoms with Crippen molar-refractivity contribution in [1.82, 2.24) is 0 Å². The Hall–Kier alpha value is -1.02. The SMILES string of the molecule is Cc1cc(OC2CC3CCC2(C)C3(C)C)ccc1CN. The Morgan fingerprint density at radius 3 is 2.55 bits per heavy atom. The standard InChI is InChI=1S/C18H27NO/c1-12-9-15(6-5-13(12)11-19)20-16-10-14-7-8-18(16,4)17(14,2)3/h5-6,9,14,16H,7-8,10-11,19H2,1-4H3. The third kappa shape index (κ3) is 1.81. The lowest BCUT2D eigenvalue weighted by Gasteiger charge is -2.39. The molecule has 3 unspecified atom stereocenters. The predicted molar refractivity (Wildman–Crippen MR) is 82.7 cm³/mol. The normalized spacial score (nSPS) is 34.5. The van der Waals surface area contributed by atoms with Crippen LogP contribution in [0.15, 0.2) is 18.2 Å². The Balaban J connectivity index is 1.81. The Morgan fingerprint density at radius 1 is 1.30 bits per heavy atom. The molecule has 0 heterocycles. The molecule has 2 fully saturated rings. The molecule has 1 aromatic rings. The number of hydrogen-bond donors (Lipinski definition) is 1. The van der Waals surface area contributed by atoms with Crippen molar-refractivity contribution >= 4 is 0 Å². The maximum absolute atomic E-state index is 6.39. The van der Waals surface area contributed by atoms with Crippen molar-refractivity contribution in [1.29, 1.82) is 0 Å². The first-order valence-electron chi connectivity index (χ1n) is 7.85. The Morgan fingerprint density at radius 2 is 2.05 bits per heavy atom. The van der Waals surface area contributed by atoms with Gasteiger partial charge in [-0.1, -0.05) is 26.8 Å². The van der Waals surface area contributed by atoms with Crippen LogP contribution >= 0.6 is 0 Å². The number of nitrogens with two attached hydrogens (primary N) is 1. The number of aryl methyl sites for hydroxylation is 1. The summed E-state index contributed by atoms with van der Waals surface area (Å²) in [7, 11) is 0. The van der Waals surface area contributed by atoms with Crippen LogP contribution in [0.3, 0.4) is 0 Å². The number of ether oxygens (including phenoxy) is 1. The fourth-order valence-electron chi connectivity index (χ4n) is 4.44. The fourth-order valence-corrected chi connectivity index (χ4v) is 4.44. The number of rotatable bonds is 3. The third-order valence-corrected chi connectivity index (χ3v) is 6.53. The van der Waals surface area contributed by atoms with E-state index in [-0.39, 0.29) is 0 Å². The van der Waals surface area contributed by atoms with E-state index < -0.39 is 0 Å². The second kappa shape index (κ2) is 4.49. The minimum atomic E-state index is 0.318. The zero-order chi connectivity index (χ0) is 14.5. The molecule has 0 amide bonds. The third-order valence-electron chi connectivity index (χ3n) is 6.53. The van der Waals surface area contributed by atoms with Gasteiger partial charge in [-0.3, -0.25) is 0 Å². The Labute approximate surface area is 122 Å². The molecule has 0 radical (unpaired) electrons. The van der Waals surface area contributed by atoms with Crippen molar-refractivity contribution in [2.45, 2.75) is 59.6 Å². The van der Waals surface area contributed by atoms with E-state index in [0.717, 1.165) is 11.7 Å². The molecule has 2 saturated carbocycles. The van der Waals surface area contributed by atoms with Crippen LogP contribution in [0, 0.1) is 23.7 Å². The van der Waals surface area contributed by atoms with E-state index in [9.17, 15) is 0 Å². The lowest BCUT2D eigenvalue weighted by molar-refractivity contribution is 0.0301. The molecule has 3 rings (SSSR count). The molecule has 20 heavy (non-hydrogen) atoms. The largest absolute Gasteiger partial charge is 0.490 e. The van der Waals surface area contributed by atoms with Crippen molar-refractivity contribution in [3.05, 3.63) is 29.3 Å². The van der Waals surface area contributed by atoms with Crippen molar-refractivity contribution in [2.24, 2.45) is 22.5 Å². The Bertz CT molecular complexity index is 522. The molecule has 110 valence electrons. The van der Waals surface area contributed by atoms with Crippen LogP contribution in [0.2, 0.25) is 0 Å². The molecular formula is C18H27NO. The topological polar surface area (TPSA) is 35.2 Å². The van der Waals surface area contributed by atoms with Gasteiger partial charge in [-0.15, -0.1) is 0 Å². The van der Waals surface area contributed by atoms with Crippen LogP contribution in [0.4, 0.5) is 0 Å². The van der Waals surface area contributed by atoms with Gasteiger partial charge in [-0.05, 0) is 60.8 Å². The first-order valence-corrected chi connectivity index (χ1v) is 7.85. The summed E-state index contributed by atoms with van der Waals surface area (Å²) in [5, 5.41) is 0. The fraction of sp³-hybridized carbons (Fsp3) is 0.667. The minimum Gasteiger partial charge on any atom is -0.490 e. The number of hydrogen-bond acceptors (Lipinski definition) is 2.